The molecule has 0 atom stereocenters. The largest absolute Gasteiger partial charge is 0.456 e. The molecule has 240 valence electrons. The van der Waals surface area contributed by atoms with Gasteiger partial charge in [-0.15, -0.1) is 0 Å². The lowest BCUT2D eigenvalue weighted by molar-refractivity contribution is 0.671. The summed E-state index contributed by atoms with van der Waals surface area (Å²) in [4.78, 5) is 0. The molecule has 0 bridgehead atoms. The van der Waals surface area contributed by atoms with Crippen LogP contribution < -0.4 is 20.7 Å². The molecule has 0 aliphatic rings. The Morgan fingerprint density at radius 2 is 0.902 bits per heavy atom. The van der Waals surface area contributed by atoms with Gasteiger partial charge in [0.05, 0.1) is 11.0 Å². The van der Waals surface area contributed by atoms with Crippen molar-refractivity contribution in [1.82, 2.24) is 4.57 Å². The van der Waals surface area contributed by atoms with Crippen LogP contribution in [0.5, 0.6) is 0 Å². The molecule has 2 heterocycles. The first-order chi connectivity index (χ1) is 25.3. The van der Waals surface area contributed by atoms with Crippen LogP contribution in [0.15, 0.2) is 205 Å². The molecule has 0 radical (unpaired) electrons. The molecule has 0 amide bonds. The number of aromatic nitrogens is 1. The maximum atomic E-state index is 6.99. The van der Waals surface area contributed by atoms with E-state index in [9.17, 15) is 0 Å². The van der Waals surface area contributed by atoms with E-state index in [1.165, 1.54) is 53.7 Å². The van der Waals surface area contributed by atoms with Crippen molar-refractivity contribution in [2.75, 3.05) is 0 Å². The first kappa shape index (κ1) is 29.5. The number of nitrogens with zero attached hydrogens (tertiary/aromatic N) is 1. The molecule has 0 fully saturated rings. The Hall–Kier alpha value is -6.42. The minimum atomic E-state index is -2.97. The van der Waals surface area contributed by atoms with Crippen LogP contribution in [0, 0.1) is 0 Å². The zero-order chi connectivity index (χ0) is 33.8. The van der Waals surface area contributed by atoms with Gasteiger partial charge in [0.1, 0.15) is 11.2 Å². The van der Waals surface area contributed by atoms with Gasteiger partial charge in [-0.3, -0.25) is 0 Å². The van der Waals surface area contributed by atoms with Crippen molar-refractivity contribution in [3.63, 3.8) is 0 Å². The monoisotopic (exact) mass is 667 g/mol. The molecule has 0 saturated carbocycles. The van der Waals surface area contributed by atoms with Crippen molar-refractivity contribution in [3.05, 3.63) is 200 Å². The lowest BCUT2D eigenvalue weighted by atomic mass is 10.0. The van der Waals surface area contributed by atoms with Gasteiger partial charge in [0, 0.05) is 27.2 Å². The van der Waals surface area contributed by atoms with Crippen LogP contribution in [0.2, 0.25) is 0 Å². The lowest BCUT2D eigenvalue weighted by Gasteiger charge is -2.34. The van der Waals surface area contributed by atoms with Crippen molar-refractivity contribution in [3.8, 4) is 16.8 Å². The van der Waals surface area contributed by atoms with Crippen molar-refractivity contribution in [2.24, 2.45) is 0 Å². The fourth-order valence-electron chi connectivity index (χ4n) is 8.31. The average Bonchev–Trinajstić information content (AvgIpc) is 3.75. The van der Waals surface area contributed by atoms with Crippen LogP contribution in [-0.2, 0) is 0 Å². The Balaban J connectivity index is 1.37. The summed E-state index contributed by atoms with van der Waals surface area (Å²) in [5, 5.41) is 9.92. The molecule has 2 nitrogen and oxygen atoms in total. The van der Waals surface area contributed by atoms with E-state index >= 15 is 0 Å². The zero-order valence-electron chi connectivity index (χ0n) is 27.9. The summed E-state index contributed by atoms with van der Waals surface area (Å²) in [7, 11) is -2.97. The van der Waals surface area contributed by atoms with Crippen molar-refractivity contribution < 1.29 is 4.42 Å². The van der Waals surface area contributed by atoms with Gasteiger partial charge >= 0.3 is 0 Å². The SMILES string of the molecule is c1ccc(-c2ccc3c(c2)c2ccccc2n3-c2cc([Si](c3ccccc3)(c3ccccc3)c3ccccc3)c3oc4ccccc4c3c2)cc1. The van der Waals surface area contributed by atoms with E-state index in [2.05, 4.69) is 205 Å². The fraction of sp³-hybridized carbons (Fsp3) is 0. The van der Waals surface area contributed by atoms with Gasteiger partial charge in [0.2, 0.25) is 0 Å². The molecule has 2 aromatic heterocycles. The van der Waals surface area contributed by atoms with Gasteiger partial charge in [-0.1, -0.05) is 164 Å². The molecule has 3 heteroatoms. The van der Waals surface area contributed by atoms with E-state index < -0.39 is 8.07 Å². The second-order valence-corrected chi connectivity index (χ2v) is 17.0. The fourth-order valence-corrected chi connectivity index (χ4v) is 13.2. The molecule has 10 rings (SSSR count). The smallest absolute Gasteiger partial charge is 0.184 e. The van der Waals surface area contributed by atoms with E-state index in [1.807, 2.05) is 0 Å². The number of para-hydroxylation sites is 2. The second-order valence-electron chi connectivity index (χ2n) is 13.3. The van der Waals surface area contributed by atoms with Crippen molar-refractivity contribution in [1.29, 1.82) is 0 Å². The number of furan rings is 1. The predicted molar refractivity (Wildman–Crippen MR) is 217 cm³/mol. The summed E-state index contributed by atoms with van der Waals surface area (Å²) in [6, 6.07) is 73.0. The highest BCUT2D eigenvalue weighted by atomic mass is 28.3. The molecule has 51 heavy (non-hydrogen) atoms. The molecule has 0 aliphatic heterocycles. The summed E-state index contributed by atoms with van der Waals surface area (Å²) in [6.07, 6.45) is 0. The van der Waals surface area contributed by atoms with E-state index in [0.29, 0.717) is 0 Å². The molecule has 0 aliphatic carbocycles. The highest BCUT2D eigenvalue weighted by molar-refractivity contribution is 7.20. The number of benzene rings is 8. The highest BCUT2D eigenvalue weighted by Gasteiger charge is 2.44. The number of fused-ring (bicyclic) bond motifs is 6. The quantitative estimate of drug-likeness (QED) is 0.128. The summed E-state index contributed by atoms with van der Waals surface area (Å²) < 4.78 is 9.45. The number of hydrogen-bond donors (Lipinski definition) is 0. The summed E-state index contributed by atoms with van der Waals surface area (Å²) in [6.45, 7) is 0. The maximum Gasteiger partial charge on any atom is 0.184 e. The van der Waals surface area contributed by atoms with Gasteiger partial charge in [0.25, 0.3) is 0 Å². The standard InChI is InChI=1S/C48H33NOSi/c1-5-17-34(18-6-1)35-29-30-45-42(31-35)40-25-13-15-27-44(40)49(45)36-32-43-41-26-14-16-28-46(41)50-48(43)47(33-36)51(37-19-7-2-8-20-37,38-21-9-3-10-22-38)39-23-11-4-12-24-39/h1-33H. The van der Waals surface area contributed by atoms with Crippen LogP contribution in [0.3, 0.4) is 0 Å². The highest BCUT2D eigenvalue weighted by Crippen LogP contribution is 2.37. The van der Waals surface area contributed by atoms with Crippen LogP contribution in [-0.4, -0.2) is 12.6 Å². The van der Waals surface area contributed by atoms with E-state index in [1.54, 1.807) is 0 Å². The minimum absolute atomic E-state index is 0.901. The van der Waals surface area contributed by atoms with E-state index in [0.717, 1.165) is 27.6 Å². The number of hydrogen-bond acceptors (Lipinski definition) is 1. The molecule has 10 aromatic rings. The first-order valence-corrected chi connectivity index (χ1v) is 19.5. The molecule has 0 N–H and O–H groups in total. The van der Waals surface area contributed by atoms with Gasteiger partial charge in [-0.05, 0) is 68.3 Å². The average molecular weight is 668 g/mol. The third-order valence-corrected chi connectivity index (χ3v) is 15.3. The maximum absolute atomic E-state index is 6.99. The predicted octanol–water partition coefficient (Wildman–Crippen LogP) is 9.73. The van der Waals surface area contributed by atoms with E-state index in [4.69, 9.17) is 4.42 Å². The first-order valence-electron chi connectivity index (χ1n) is 17.5. The van der Waals surface area contributed by atoms with Crippen LogP contribution >= 0.6 is 0 Å². The van der Waals surface area contributed by atoms with Crippen LogP contribution in [0.25, 0.3) is 60.6 Å². The zero-order valence-corrected chi connectivity index (χ0v) is 28.9. The molecule has 0 saturated heterocycles. The Bertz CT molecular complexity index is 2740. The Kier molecular flexibility index (Phi) is 6.86. The van der Waals surface area contributed by atoms with Crippen molar-refractivity contribution in [2.45, 2.75) is 0 Å². The lowest BCUT2D eigenvalue weighted by Crippen LogP contribution is -2.74. The molecular weight excluding hydrogens is 635 g/mol. The van der Waals surface area contributed by atoms with Gasteiger partial charge in [-0.25, -0.2) is 0 Å². The molecule has 0 spiro atoms. The second kappa shape index (κ2) is 11.9. The Morgan fingerprint density at radius 3 is 1.55 bits per heavy atom. The summed E-state index contributed by atoms with van der Waals surface area (Å²) in [5.41, 5.74) is 7.78. The third kappa shape index (κ3) is 4.56. The summed E-state index contributed by atoms with van der Waals surface area (Å²) in [5.74, 6) is 0. The Morgan fingerprint density at radius 1 is 0.373 bits per heavy atom. The van der Waals surface area contributed by atoms with Crippen LogP contribution in [0.4, 0.5) is 0 Å². The topological polar surface area (TPSA) is 18.1 Å². The molecule has 8 aromatic carbocycles. The van der Waals surface area contributed by atoms with Gasteiger partial charge in [0.15, 0.2) is 8.07 Å². The normalized spacial score (nSPS) is 11.9. The molecular formula is C48H33NOSi. The van der Waals surface area contributed by atoms with Gasteiger partial charge in [-0.2, -0.15) is 0 Å². The molecule has 0 unspecified atom stereocenters. The third-order valence-electron chi connectivity index (χ3n) is 10.5. The van der Waals surface area contributed by atoms with Crippen LogP contribution in [0.1, 0.15) is 0 Å². The Labute approximate surface area is 297 Å². The minimum Gasteiger partial charge on any atom is -0.456 e. The summed E-state index contributed by atoms with van der Waals surface area (Å²) >= 11 is 0. The number of rotatable bonds is 6. The van der Waals surface area contributed by atoms with Gasteiger partial charge < -0.3 is 8.98 Å². The van der Waals surface area contributed by atoms with Crippen molar-refractivity contribution >= 4 is 72.6 Å². The van der Waals surface area contributed by atoms with E-state index in [-0.39, 0.29) is 0 Å².